The summed E-state index contributed by atoms with van der Waals surface area (Å²) < 4.78 is 47.0. The van der Waals surface area contributed by atoms with Gasteiger partial charge in [0.15, 0.2) is 0 Å². The van der Waals surface area contributed by atoms with Gasteiger partial charge in [0, 0.05) is 12.3 Å². The molecule has 6 nitrogen and oxygen atoms in total. The summed E-state index contributed by atoms with van der Waals surface area (Å²) in [6, 6.07) is 12.2. The van der Waals surface area contributed by atoms with Crippen LogP contribution in [-0.2, 0) is 21.2 Å². The molecule has 0 aliphatic rings. The van der Waals surface area contributed by atoms with E-state index in [0.717, 1.165) is 5.56 Å². The van der Waals surface area contributed by atoms with Crippen LogP contribution < -0.4 is 9.46 Å². The van der Waals surface area contributed by atoms with Crippen molar-refractivity contribution in [3.63, 3.8) is 0 Å². The summed E-state index contributed by atoms with van der Waals surface area (Å²) in [5.41, 5.74) is 3.17. The monoisotopic (exact) mass is 456 g/mol. The van der Waals surface area contributed by atoms with Gasteiger partial charge >= 0.3 is 0 Å². The van der Waals surface area contributed by atoms with E-state index in [-0.39, 0.29) is 17.2 Å². The Balaban J connectivity index is 2.00. The molecule has 0 saturated carbocycles. The lowest BCUT2D eigenvalue weighted by Gasteiger charge is -2.18. The zero-order chi connectivity index (χ0) is 23.5. The summed E-state index contributed by atoms with van der Waals surface area (Å²) in [7, 11) is -2.56. The van der Waals surface area contributed by atoms with Crippen molar-refractivity contribution in [1.29, 1.82) is 0 Å². The maximum absolute atomic E-state index is 14.5. The molecule has 1 heterocycles. The highest BCUT2D eigenvalue weighted by molar-refractivity contribution is 7.90. The zero-order valence-electron chi connectivity index (χ0n) is 18.3. The van der Waals surface area contributed by atoms with Crippen LogP contribution in [0.1, 0.15) is 36.5 Å². The number of benzene rings is 2. The first-order valence-electron chi connectivity index (χ1n) is 10.1. The SMILES string of the molecule is COc1cc(-c2cc(F)cc(C(C)C)c2CC(=O)NS(=O)(=O)c2ccc(C)cc2)ccn1. The third-order valence-electron chi connectivity index (χ3n) is 5.04. The predicted octanol–water partition coefficient (Wildman–Crippen LogP) is 4.38. The van der Waals surface area contributed by atoms with Crippen molar-refractivity contribution >= 4 is 15.9 Å². The molecule has 0 unspecified atom stereocenters. The summed E-state index contributed by atoms with van der Waals surface area (Å²) in [5, 5.41) is 0. The predicted molar refractivity (Wildman–Crippen MR) is 120 cm³/mol. The number of rotatable bonds is 7. The number of nitrogens with zero attached hydrogens (tertiary/aromatic N) is 1. The number of methoxy groups -OCH3 is 1. The lowest BCUT2D eigenvalue weighted by atomic mass is 9.88. The van der Waals surface area contributed by atoms with Gasteiger partial charge in [0.05, 0.1) is 18.4 Å². The highest BCUT2D eigenvalue weighted by atomic mass is 32.2. The van der Waals surface area contributed by atoms with E-state index in [9.17, 15) is 17.6 Å². The molecule has 1 N–H and O–H groups in total. The highest BCUT2D eigenvalue weighted by Crippen LogP contribution is 2.33. The Kier molecular flexibility index (Phi) is 6.93. The Bertz CT molecular complexity index is 1240. The minimum Gasteiger partial charge on any atom is -0.481 e. The smallest absolute Gasteiger partial charge is 0.264 e. The van der Waals surface area contributed by atoms with Crippen LogP contribution in [0.4, 0.5) is 4.39 Å². The molecule has 0 saturated heterocycles. The number of carbonyl (C=O) groups is 1. The molecule has 8 heteroatoms. The van der Waals surface area contributed by atoms with Crippen molar-refractivity contribution in [3.05, 3.63) is 77.2 Å². The standard InChI is InChI=1S/C24H25FN2O4S/c1-15(2)20-12-18(25)13-21(17-9-10-26-24(11-17)31-4)22(20)14-23(28)27-32(29,30)19-7-5-16(3)6-8-19/h5-13,15H,14H2,1-4H3,(H,27,28). The van der Waals surface area contributed by atoms with Gasteiger partial charge in [0.2, 0.25) is 11.8 Å². The van der Waals surface area contributed by atoms with Gasteiger partial charge in [-0.15, -0.1) is 0 Å². The van der Waals surface area contributed by atoms with Crippen LogP contribution >= 0.6 is 0 Å². The molecule has 1 aromatic heterocycles. The van der Waals surface area contributed by atoms with E-state index in [2.05, 4.69) is 9.71 Å². The van der Waals surface area contributed by atoms with E-state index in [4.69, 9.17) is 4.74 Å². The van der Waals surface area contributed by atoms with Gasteiger partial charge in [-0.2, -0.15) is 0 Å². The van der Waals surface area contributed by atoms with E-state index in [1.165, 1.54) is 37.6 Å². The molecule has 0 aliphatic carbocycles. The van der Waals surface area contributed by atoms with Crippen LogP contribution in [0.15, 0.2) is 59.6 Å². The number of ether oxygens (including phenoxy) is 1. The van der Waals surface area contributed by atoms with E-state index in [1.54, 1.807) is 24.3 Å². The summed E-state index contributed by atoms with van der Waals surface area (Å²) >= 11 is 0. The molecule has 2 aromatic carbocycles. The Morgan fingerprint density at radius 2 is 1.81 bits per heavy atom. The average Bonchev–Trinajstić information content (AvgIpc) is 2.74. The zero-order valence-corrected chi connectivity index (χ0v) is 19.2. The van der Waals surface area contributed by atoms with Crippen LogP contribution in [0, 0.1) is 12.7 Å². The molecule has 0 aliphatic heterocycles. The lowest BCUT2D eigenvalue weighted by molar-refractivity contribution is -0.118. The number of halogens is 1. The molecule has 3 aromatic rings. The average molecular weight is 457 g/mol. The molecule has 0 radical (unpaired) electrons. The quantitative estimate of drug-likeness (QED) is 0.570. The first-order valence-corrected chi connectivity index (χ1v) is 11.5. The first-order chi connectivity index (χ1) is 15.1. The third-order valence-corrected chi connectivity index (χ3v) is 6.43. The van der Waals surface area contributed by atoms with Crippen LogP contribution in [0.25, 0.3) is 11.1 Å². The molecule has 0 bridgehead atoms. The number of nitrogens with one attached hydrogen (secondary N) is 1. The van der Waals surface area contributed by atoms with Crippen molar-refractivity contribution in [2.75, 3.05) is 7.11 Å². The molecule has 3 rings (SSSR count). The largest absolute Gasteiger partial charge is 0.481 e. The van der Waals surface area contributed by atoms with Crippen LogP contribution in [0.2, 0.25) is 0 Å². The highest BCUT2D eigenvalue weighted by Gasteiger charge is 2.22. The van der Waals surface area contributed by atoms with Gasteiger partial charge in [0.1, 0.15) is 5.82 Å². The molecule has 32 heavy (non-hydrogen) atoms. The van der Waals surface area contributed by atoms with Crippen molar-refractivity contribution in [3.8, 4) is 17.0 Å². The summed E-state index contributed by atoms with van der Waals surface area (Å²) in [6.45, 7) is 5.61. The van der Waals surface area contributed by atoms with E-state index in [0.29, 0.717) is 28.1 Å². The van der Waals surface area contributed by atoms with E-state index in [1.807, 2.05) is 20.8 Å². The Labute approximate surface area is 187 Å². The summed E-state index contributed by atoms with van der Waals surface area (Å²) in [4.78, 5) is 16.9. The maximum atomic E-state index is 14.5. The minimum absolute atomic E-state index is 0.00117. The molecule has 0 atom stereocenters. The summed E-state index contributed by atoms with van der Waals surface area (Å²) in [6.07, 6.45) is 1.29. The second-order valence-corrected chi connectivity index (χ2v) is 9.46. The molecule has 0 spiro atoms. The number of carbonyl (C=O) groups excluding carboxylic acids is 1. The lowest BCUT2D eigenvalue weighted by Crippen LogP contribution is -2.32. The fourth-order valence-electron chi connectivity index (χ4n) is 3.44. The van der Waals surface area contributed by atoms with Crippen LogP contribution in [0.3, 0.4) is 0 Å². The molecular weight excluding hydrogens is 431 g/mol. The van der Waals surface area contributed by atoms with Gasteiger partial charge in [-0.05, 0) is 65.4 Å². The van der Waals surface area contributed by atoms with Crippen LogP contribution in [-0.4, -0.2) is 26.4 Å². The van der Waals surface area contributed by atoms with E-state index >= 15 is 0 Å². The molecule has 0 fully saturated rings. The minimum atomic E-state index is -4.03. The Morgan fingerprint density at radius 3 is 2.44 bits per heavy atom. The number of amides is 1. The maximum Gasteiger partial charge on any atom is 0.264 e. The second-order valence-electron chi connectivity index (χ2n) is 7.78. The summed E-state index contributed by atoms with van der Waals surface area (Å²) in [5.74, 6) is -0.905. The van der Waals surface area contributed by atoms with E-state index < -0.39 is 21.7 Å². The first kappa shape index (κ1) is 23.4. The fraction of sp³-hybridized carbons (Fsp3) is 0.250. The normalized spacial score (nSPS) is 11.4. The van der Waals surface area contributed by atoms with Gasteiger partial charge in [-0.25, -0.2) is 22.5 Å². The van der Waals surface area contributed by atoms with Crippen molar-refractivity contribution < 1.29 is 22.3 Å². The number of aromatic nitrogens is 1. The number of pyridine rings is 1. The topological polar surface area (TPSA) is 85.4 Å². The Hall–Kier alpha value is -3.26. The number of hydrogen-bond donors (Lipinski definition) is 1. The Morgan fingerprint density at radius 1 is 1.12 bits per heavy atom. The van der Waals surface area contributed by atoms with Crippen molar-refractivity contribution in [2.45, 2.75) is 38.0 Å². The number of hydrogen-bond acceptors (Lipinski definition) is 5. The van der Waals surface area contributed by atoms with Crippen molar-refractivity contribution in [2.24, 2.45) is 0 Å². The van der Waals surface area contributed by atoms with Crippen LogP contribution in [0.5, 0.6) is 5.88 Å². The number of aryl methyl sites for hydroxylation is 1. The molecule has 1 amide bonds. The van der Waals surface area contributed by atoms with Gasteiger partial charge in [0.25, 0.3) is 10.0 Å². The molecule has 168 valence electrons. The van der Waals surface area contributed by atoms with Gasteiger partial charge in [-0.1, -0.05) is 31.5 Å². The second kappa shape index (κ2) is 9.48. The van der Waals surface area contributed by atoms with Crippen molar-refractivity contribution in [1.82, 2.24) is 9.71 Å². The number of sulfonamides is 1. The third kappa shape index (κ3) is 5.31. The van der Waals surface area contributed by atoms with Gasteiger partial charge < -0.3 is 4.74 Å². The van der Waals surface area contributed by atoms with Gasteiger partial charge in [-0.3, -0.25) is 4.79 Å². The molecular formula is C24H25FN2O4S. The fourth-order valence-corrected chi connectivity index (χ4v) is 4.42.